The lowest BCUT2D eigenvalue weighted by molar-refractivity contribution is 0.700. The number of aromatic nitrogens is 1. The SMILES string of the molecule is C1=CN2C=C(Cc3ccccc3)NC(=NCc3cccnc3)C2=NC1. The number of nitrogens with zero attached hydrogens (tertiary/aromatic N) is 4. The second-order valence-corrected chi connectivity index (χ2v) is 5.92. The summed E-state index contributed by atoms with van der Waals surface area (Å²) in [6, 6.07) is 14.4. The van der Waals surface area contributed by atoms with E-state index < -0.39 is 0 Å². The molecule has 0 radical (unpaired) electrons. The van der Waals surface area contributed by atoms with E-state index in [0.717, 1.165) is 29.4 Å². The monoisotopic (exact) mass is 329 g/mol. The fourth-order valence-corrected chi connectivity index (χ4v) is 2.84. The number of hydrogen-bond donors (Lipinski definition) is 1. The molecule has 0 saturated heterocycles. The summed E-state index contributed by atoms with van der Waals surface area (Å²) in [7, 11) is 0. The number of hydrogen-bond acceptors (Lipinski definition) is 4. The van der Waals surface area contributed by atoms with Crippen molar-refractivity contribution in [2.75, 3.05) is 6.54 Å². The average Bonchev–Trinajstić information content (AvgIpc) is 2.68. The number of nitrogens with one attached hydrogen (secondary N) is 1. The highest BCUT2D eigenvalue weighted by Crippen LogP contribution is 2.15. The molecule has 124 valence electrons. The van der Waals surface area contributed by atoms with E-state index in [1.54, 1.807) is 6.20 Å². The summed E-state index contributed by atoms with van der Waals surface area (Å²) in [5, 5.41) is 3.46. The maximum Gasteiger partial charge on any atom is 0.175 e. The molecule has 0 amide bonds. The molecule has 2 aromatic rings. The largest absolute Gasteiger partial charge is 0.339 e. The van der Waals surface area contributed by atoms with Gasteiger partial charge in [0.25, 0.3) is 0 Å². The van der Waals surface area contributed by atoms with Gasteiger partial charge in [0.05, 0.1) is 13.1 Å². The number of allylic oxidation sites excluding steroid dienone is 1. The Hall–Kier alpha value is -3.21. The highest BCUT2D eigenvalue weighted by Gasteiger charge is 2.22. The van der Waals surface area contributed by atoms with Crippen LogP contribution in [0.3, 0.4) is 0 Å². The quantitative estimate of drug-likeness (QED) is 0.938. The average molecular weight is 329 g/mol. The lowest BCUT2D eigenvalue weighted by Crippen LogP contribution is -2.45. The third-order valence-corrected chi connectivity index (χ3v) is 4.02. The molecule has 1 N–H and O–H groups in total. The number of aliphatic imine (C=N–C) groups is 2. The van der Waals surface area contributed by atoms with E-state index in [-0.39, 0.29) is 0 Å². The van der Waals surface area contributed by atoms with Gasteiger partial charge in [-0.3, -0.25) is 15.0 Å². The summed E-state index contributed by atoms with van der Waals surface area (Å²) in [6.45, 7) is 1.26. The van der Waals surface area contributed by atoms with Crippen molar-refractivity contribution in [1.82, 2.24) is 15.2 Å². The van der Waals surface area contributed by atoms with E-state index in [9.17, 15) is 0 Å². The molecule has 0 bridgehead atoms. The molecule has 0 saturated carbocycles. The summed E-state index contributed by atoms with van der Waals surface area (Å²) in [6.07, 6.45) is 10.6. The van der Waals surface area contributed by atoms with Crippen LogP contribution in [0.1, 0.15) is 11.1 Å². The molecule has 0 unspecified atom stereocenters. The standard InChI is InChI=1S/C20H19N5/c1-2-6-16(7-3-1)12-18-15-25-11-5-10-22-20(25)19(24-18)23-14-17-8-4-9-21-13-17/h1-9,11,13,15H,10,12,14H2,(H,23,24). The van der Waals surface area contributed by atoms with Crippen LogP contribution < -0.4 is 5.32 Å². The van der Waals surface area contributed by atoms with Crippen molar-refractivity contribution in [3.8, 4) is 0 Å². The molecule has 0 atom stereocenters. The number of rotatable bonds is 4. The van der Waals surface area contributed by atoms with Crippen molar-refractivity contribution >= 4 is 11.7 Å². The van der Waals surface area contributed by atoms with E-state index in [2.05, 4.69) is 45.8 Å². The third kappa shape index (κ3) is 3.66. The molecule has 0 aliphatic carbocycles. The molecule has 5 heteroatoms. The number of fused-ring (bicyclic) bond motifs is 1. The van der Waals surface area contributed by atoms with E-state index in [0.29, 0.717) is 13.1 Å². The van der Waals surface area contributed by atoms with Crippen molar-refractivity contribution in [3.63, 3.8) is 0 Å². The molecule has 25 heavy (non-hydrogen) atoms. The maximum absolute atomic E-state index is 4.75. The molecule has 1 aromatic heterocycles. The van der Waals surface area contributed by atoms with Gasteiger partial charge in [0.15, 0.2) is 11.7 Å². The Labute approximate surface area is 147 Å². The van der Waals surface area contributed by atoms with Crippen LogP contribution in [0.25, 0.3) is 0 Å². The molecule has 0 fully saturated rings. The van der Waals surface area contributed by atoms with Crippen LogP contribution >= 0.6 is 0 Å². The Kier molecular flexibility index (Phi) is 4.37. The van der Waals surface area contributed by atoms with Gasteiger partial charge in [-0.2, -0.15) is 0 Å². The van der Waals surface area contributed by atoms with Gasteiger partial charge in [0.1, 0.15) is 0 Å². The highest BCUT2D eigenvalue weighted by molar-refractivity contribution is 6.41. The molecule has 5 nitrogen and oxygen atoms in total. The molecule has 2 aliphatic rings. The minimum atomic E-state index is 0.575. The fourth-order valence-electron chi connectivity index (χ4n) is 2.84. The Morgan fingerprint density at radius 3 is 2.80 bits per heavy atom. The predicted octanol–water partition coefficient (Wildman–Crippen LogP) is 2.90. The second kappa shape index (κ2) is 7.13. The molecular weight excluding hydrogens is 310 g/mol. The van der Waals surface area contributed by atoms with Gasteiger partial charge < -0.3 is 10.2 Å². The zero-order valence-corrected chi connectivity index (χ0v) is 13.8. The summed E-state index contributed by atoms with van der Waals surface area (Å²) in [5.74, 6) is 1.67. The van der Waals surface area contributed by atoms with E-state index >= 15 is 0 Å². The molecule has 0 spiro atoms. The predicted molar refractivity (Wildman–Crippen MR) is 100 cm³/mol. The minimum absolute atomic E-state index is 0.575. The van der Waals surface area contributed by atoms with Crippen molar-refractivity contribution in [3.05, 3.63) is 90.2 Å². The Morgan fingerprint density at radius 1 is 1.08 bits per heavy atom. The Morgan fingerprint density at radius 2 is 1.96 bits per heavy atom. The maximum atomic E-state index is 4.75. The number of benzene rings is 1. The zero-order valence-electron chi connectivity index (χ0n) is 13.8. The number of pyridine rings is 1. The van der Waals surface area contributed by atoms with Gasteiger partial charge in [-0.05, 0) is 23.3 Å². The first-order valence-electron chi connectivity index (χ1n) is 8.33. The van der Waals surface area contributed by atoms with Crippen molar-refractivity contribution in [2.45, 2.75) is 13.0 Å². The van der Waals surface area contributed by atoms with Crippen LogP contribution in [-0.4, -0.2) is 28.1 Å². The minimum Gasteiger partial charge on any atom is -0.339 e. The normalized spacial score (nSPS) is 17.6. The van der Waals surface area contributed by atoms with Gasteiger partial charge in [-0.1, -0.05) is 36.4 Å². The lowest BCUT2D eigenvalue weighted by atomic mass is 10.1. The number of amidine groups is 2. The molecule has 1 aromatic carbocycles. The fraction of sp³-hybridized carbons (Fsp3) is 0.150. The van der Waals surface area contributed by atoms with Crippen LogP contribution in [0.5, 0.6) is 0 Å². The van der Waals surface area contributed by atoms with Crippen LogP contribution in [0.15, 0.2) is 89.0 Å². The third-order valence-electron chi connectivity index (χ3n) is 4.02. The molecule has 2 aliphatic heterocycles. The van der Waals surface area contributed by atoms with Gasteiger partial charge in [-0.15, -0.1) is 0 Å². The van der Waals surface area contributed by atoms with Crippen LogP contribution in [0.4, 0.5) is 0 Å². The van der Waals surface area contributed by atoms with Crippen molar-refractivity contribution in [2.24, 2.45) is 9.98 Å². The van der Waals surface area contributed by atoms with Crippen molar-refractivity contribution in [1.29, 1.82) is 0 Å². The van der Waals surface area contributed by atoms with Gasteiger partial charge in [-0.25, -0.2) is 0 Å². The summed E-state index contributed by atoms with van der Waals surface area (Å²) in [4.78, 5) is 15.5. The topological polar surface area (TPSA) is 52.9 Å². The van der Waals surface area contributed by atoms with Crippen molar-refractivity contribution < 1.29 is 0 Å². The lowest BCUT2D eigenvalue weighted by Gasteiger charge is -2.29. The first-order chi connectivity index (χ1) is 12.4. The summed E-state index contributed by atoms with van der Waals surface area (Å²) >= 11 is 0. The van der Waals surface area contributed by atoms with Gasteiger partial charge >= 0.3 is 0 Å². The zero-order chi connectivity index (χ0) is 16.9. The first-order valence-corrected chi connectivity index (χ1v) is 8.33. The first kappa shape index (κ1) is 15.3. The van der Waals surface area contributed by atoms with E-state index in [1.165, 1.54) is 5.56 Å². The Balaban J connectivity index is 1.58. The Bertz CT molecular complexity index is 850. The molecule has 4 rings (SSSR count). The van der Waals surface area contributed by atoms with Crippen LogP contribution in [0.2, 0.25) is 0 Å². The van der Waals surface area contributed by atoms with Gasteiger partial charge in [0.2, 0.25) is 0 Å². The van der Waals surface area contributed by atoms with Crippen LogP contribution in [0, 0.1) is 0 Å². The smallest absolute Gasteiger partial charge is 0.175 e. The summed E-state index contributed by atoms with van der Waals surface area (Å²) in [5.41, 5.74) is 3.44. The van der Waals surface area contributed by atoms with Crippen LogP contribution in [-0.2, 0) is 13.0 Å². The second-order valence-electron chi connectivity index (χ2n) is 5.92. The van der Waals surface area contributed by atoms with Gasteiger partial charge in [0, 0.05) is 36.9 Å². The summed E-state index contributed by atoms with van der Waals surface area (Å²) < 4.78 is 0. The highest BCUT2D eigenvalue weighted by atomic mass is 15.3. The van der Waals surface area contributed by atoms with E-state index in [4.69, 9.17) is 4.99 Å². The molecule has 3 heterocycles. The molecular formula is C20H19N5. The van der Waals surface area contributed by atoms with E-state index in [1.807, 2.05) is 41.6 Å².